The van der Waals surface area contributed by atoms with Crippen molar-refractivity contribution in [3.8, 4) is 11.4 Å². The third kappa shape index (κ3) is 3.20. The zero-order valence-corrected chi connectivity index (χ0v) is 15.7. The van der Waals surface area contributed by atoms with Crippen molar-refractivity contribution in [1.29, 1.82) is 0 Å². The first kappa shape index (κ1) is 16.2. The quantitative estimate of drug-likeness (QED) is 0.756. The fourth-order valence-electron chi connectivity index (χ4n) is 2.33. The number of anilines is 1. The molecule has 1 aromatic heterocycles. The molecule has 2 aromatic rings. The lowest BCUT2D eigenvalue weighted by Crippen LogP contribution is -2.07. The van der Waals surface area contributed by atoms with Crippen LogP contribution in [0.2, 0.25) is 0 Å². The van der Waals surface area contributed by atoms with E-state index in [-0.39, 0.29) is 0 Å². The van der Waals surface area contributed by atoms with Gasteiger partial charge in [-0.1, -0.05) is 19.9 Å². The maximum Gasteiger partial charge on any atom is 0.162 e. The SMILES string of the molecule is CNc1nc(-c2cc(C)c(C)cc2C)nc(C(C)C)c1I. The first-order chi connectivity index (χ1) is 9.85. The number of nitrogens with one attached hydrogen (secondary N) is 1. The second kappa shape index (κ2) is 6.30. The summed E-state index contributed by atoms with van der Waals surface area (Å²) in [7, 11) is 1.91. The largest absolute Gasteiger partial charge is 0.372 e. The van der Waals surface area contributed by atoms with Gasteiger partial charge in [-0.2, -0.15) is 0 Å². The van der Waals surface area contributed by atoms with Crippen LogP contribution < -0.4 is 5.32 Å². The van der Waals surface area contributed by atoms with E-state index in [0.29, 0.717) is 5.92 Å². The smallest absolute Gasteiger partial charge is 0.162 e. The molecule has 1 aromatic carbocycles. The topological polar surface area (TPSA) is 37.8 Å². The third-order valence-electron chi connectivity index (χ3n) is 3.74. The van der Waals surface area contributed by atoms with E-state index < -0.39 is 0 Å². The molecule has 0 aliphatic heterocycles. The Hall–Kier alpha value is -1.17. The van der Waals surface area contributed by atoms with Crippen LogP contribution in [0.1, 0.15) is 42.1 Å². The van der Waals surface area contributed by atoms with Gasteiger partial charge in [-0.15, -0.1) is 0 Å². The summed E-state index contributed by atoms with van der Waals surface area (Å²) >= 11 is 2.33. The van der Waals surface area contributed by atoms with Gasteiger partial charge in [-0.05, 0) is 72.0 Å². The molecule has 0 bridgehead atoms. The van der Waals surface area contributed by atoms with Crippen LogP contribution >= 0.6 is 22.6 Å². The van der Waals surface area contributed by atoms with Gasteiger partial charge in [-0.25, -0.2) is 9.97 Å². The molecule has 0 atom stereocenters. The zero-order chi connectivity index (χ0) is 15.7. The molecular formula is C17H22IN3. The molecule has 0 saturated heterocycles. The molecule has 0 aliphatic carbocycles. The molecular weight excluding hydrogens is 373 g/mol. The number of benzene rings is 1. The summed E-state index contributed by atoms with van der Waals surface area (Å²) in [6, 6.07) is 4.40. The Kier molecular flexibility index (Phi) is 4.86. The van der Waals surface area contributed by atoms with Crippen LogP contribution in [0.4, 0.5) is 5.82 Å². The molecule has 0 spiro atoms. The van der Waals surface area contributed by atoms with Gasteiger partial charge < -0.3 is 5.32 Å². The summed E-state index contributed by atoms with van der Waals surface area (Å²) in [5.74, 6) is 2.09. The number of nitrogens with zero attached hydrogens (tertiary/aromatic N) is 2. The van der Waals surface area contributed by atoms with Crippen LogP contribution in [0.25, 0.3) is 11.4 Å². The highest BCUT2D eigenvalue weighted by atomic mass is 127. The molecule has 2 rings (SSSR count). The van der Waals surface area contributed by atoms with E-state index in [1.54, 1.807) is 0 Å². The number of aryl methyl sites for hydroxylation is 3. The lowest BCUT2D eigenvalue weighted by molar-refractivity contribution is 0.809. The fourth-order valence-corrected chi connectivity index (χ4v) is 3.47. The monoisotopic (exact) mass is 395 g/mol. The first-order valence-corrected chi connectivity index (χ1v) is 8.26. The summed E-state index contributed by atoms with van der Waals surface area (Å²) in [6.07, 6.45) is 0. The average Bonchev–Trinajstić information content (AvgIpc) is 2.43. The van der Waals surface area contributed by atoms with Crippen molar-refractivity contribution in [3.05, 3.63) is 38.1 Å². The van der Waals surface area contributed by atoms with Gasteiger partial charge in [-0.3, -0.25) is 0 Å². The van der Waals surface area contributed by atoms with Gasteiger partial charge >= 0.3 is 0 Å². The van der Waals surface area contributed by atoms with Crippen molar-refractivity contribution in [2.75, 3.05) is 12.4 Å². The van der Waals surface area contributed by atoms with Gasteiger partial charge in [0.15, 0.2) is 5.82 Å². The summed E-state index contributed by atoms with van der Waals surface area (Å²) in [5.41, 5.74) is 6.01. The van der Waals surface area contributed by atoms with Crippen LogP contribution in [0.5, 0.6) is 0 Å². The van der Waals surface area contributed by atoms with Crippen LogP contribution in [-0.4, -0.2) is 17.0 Å². The van der Waals surface area contributed by atoms with E-state index in [4.69, 9.17) is 9.97 Å². The molecule has 0 unspecified atom stereocenters. The standard InChI is InChI=1S/C17H22IN3/c1-9(2)15-14(18)17(19-6)21-16(20-15)13-8-11(4)10(3)7-12(13)5/h7-9H,1-6H3,(H,19,20,21). The minimum atomic E-state index is 0.373. The van der Waals surface area contributed by atoms with Crippen LogP contribution in [0.3, 0.4) is 0 Å². The Labute approximate surface area is 140 Å². The second-order valence-electron chi connectivity index (χ2n) is 5.75. The molecule has 0 fully saturated rings. The Morgan fingerprint density at radius 2 is 1.62 bits per heavy atom. The van der Waals surface area contributed by atoms with E-state index in [1.165, 1.54) is 16.7 Å². The highest BCUT2D eigenvalue weighted by molar-refractivity contribution is 14.1. The van der Waals surface area contributed by atoms with Crippen molar-refractivity contribution in [3.63, 3.8) is 0 Å². The Morgan fingerprint density at radius 1 is 1.00 bits per heavy atom. The molecule has 3 nitrogen and oxygen atoms in total. The maximum absolute atomic E-state index is 4.82. The molecule has 0 aliphatic rings. The molecule has 21 heavy (non-hydrogen) atoms. The molecule has 112 valence electrons. The number of hydrogen-bond acceptors (Lipinski definition) is 3. The minimum Gasteiger partial charge on any atom is -0.372 e. The fraction of sp³-hybridized carbons (Fsp3) is 0.412. The zero-order valence-electron chi connectivity index (χ0n) is 13.5. The van der Waals surface area contributed by atoms with Gasteiger partial charge in [0.2, 0.25) is 0 Å². The molecule has 4 heteroatoms. The van der Waals surface area contributed by atoms with Gasteiger partial charge in [0.25, 0.3) is 0 Å². The minimum absolute atomic E-state index is 0.373. The Bertz CT molecular complexity index is 678. The van der Waals surface area contributed by atoms with E-state index >= 15 is 0 Å². The van der Waals surface area contributed by atoms with Crippen LogP contribution in [-0.2, 0) is 0 Å². The molecule has 0 radical (unpaired) electrons. The van der Waals surface area contributed by atoms with Gasteiger partial charge in [0.1, 0.15) is 5.82 Å². The van der Waals surface area contributed by atoms with E-state index in [1.807, 2.05) is 7.05 Å². The van der Waals surface area contributed by atoms with E-state index in [0.717, 1.165) is 26.5 Å². The van der Waals surface area contributed by atoms with E-state index in [9.17, 15) is 0 Å². The van der Waals surface area contributed by atoms with Crippen molar-refractivity contribution in [2.24, 2.45) is 0 Å². The lowest BCUT2D eigenvalue weighted by atomic mass is 10.00. The highest BCUT2D eigenvalue weighted by Crippen LogP contribution is 2.30. The van der Waals surface area contributed by atoms with Crippen molar-refractivity contribution in [1.82, 2.24) is 9.97 Å². The predicted molar refractivity (Wildman–Crippen MR) is 98.0 cm³/mol. The predicted octanol–water partition coefficient (Wildman–Crippen LogP) is 4.84. The summed E-state index contributed by atoms with van der Waals surface area (Å²) in [5, 5.41) is 3.19. The van der Waals surface area contributed by atoms with E-state index in [2.05, 4.69) is 74.7 Å². The molecule has 1 N–H and O–H groups in total. The average molecular weight is 395 g/mol. The van der Waals surface area contributed by atoms with Crippen LogP contribution in [0, 0.1) is 24.3 Å². The number of hydrogen-bond donors (Lipinski definition) is 1. The number of aromatic nitrogens is 2. The van der Waals surface area contributed by atoms with Gasteiger partial charge in [0, 0.05) is 12.6 Å². The van der Waals surface area contributed by atoms with Crippen LogP contribution in [0.15, 0.2) is 12.1 Å². The van der Waals surface area contributed by atoms with Crippen molar-refractivity contribution >= 4 is 28.4 Å². The lowest BCUT2D eigenvalue weighted by Gasteiger charge is -2.15. The summed E-state index contributed by atoms with van der Waals surface area (Å²) in [6.45, 7) is 10.7. The van der Waals surface area contributed by atoms with Crippen molar-refractivity contribution in [2.45, 2.75) is 40.5 Å². The third-order valence-corrected chi connectivity index (χ3v) is 4.81. The molecule has 1 heterocycles. The van der Waals surface area contributed by atoms with Crippen molar-refractivity contribution < 1.29 is 0 Å². The molecule has 0 amide bonds. The summed E-state index contributed by atoms with van der Waals surface area (Å²) in [4.78, 5) is 9.53. The van der Waals surface area contributed by atoms with Gasteiger partial charge in [0.05, 0.1) is 9.26 Å². The maximum atomic E-state index is 4.82. The number of rotatable bonds is 3. The number of halogens is 1. The highest BCUT2D eigenvalue weighted by Gasteiger charge is 2.16. The normalized spacial score (nSPS) is 11.0. The first-order valence-electron chi connectivity index (χ1n) is 7.18. The summed E-state index contributed by atoms with van der Waals surface area (Å²) < 4.78 is 1.11. The second-order valence-corrected chi connectivity index (χ2v) is 6.83. The molecule has 0 saturated carbocycles. The Morgan fingerprint density at radius 3 is 2.19 bits per heavy atom. The Balaban J connectivity index is 2.70.